The van der Waals surface area contributed by atoms with E-state index >= 15 is 0 Å². The zero-order valence-corrected chi connectivity index (χ0v) is 13.1. The molecule has 7 heteroatoms. The summed E-state index contributed by atoms with van der Waals surface area (Å²) >= 11 is 5.07. The standard InChI is InChI=1S/C11H13BrN2O2S2/c1-2-9(6-13)18(15,16)14-4-3-10-8(7-14)5-11(12)17-10/h5,9H,2-4,7H2,1H3/t9-/m0/s1. The second kappa shape index (κ2) is 5.29. The average Bonchev–Trinajstić information content (AvgIpc) is 2.69. The predicted molar refractivity (Wildman–Crippen MR) is 74.7 cm³/mol. The summed E-state index contributed by atoms with van der Waals surface area (Å²) in [5.74, 6) is 0. The Balaban J connectivity index is 2.26. The van der Waals surface area contributed by atoms with Gasteiger partial charge >= 0.3 is 0 Å². The summed E-state index contributed by atoms with van der Waals surface area (Å²) in [6.45, 7) is 2.58. The normalized spacial score (nSPS) is 18.1. The van der Waals surface area contributed by atoms with Crippen molar-refractivity contribution in [2.75, 3.05) is 6.54 Å². The van der Waals surface area contributed by atoms with E-state index in [4.69, 9.17) is 5.26 Å². The maximum atomic E-state index is 12.3. The van der Waals surface area contributed by atoms with Crippen LogP contribution >= 0.6 is 27.3 Å². The van der Waals surface area contributed by atoms with Gasteiger partial charge in [-0.25, -0.2) is 8.42 Å². The second-order valence-electron chi connectivity index (χ2n) is 4.15. The van der Waals surface area contributed by atoms with Gasteiger partial charge in [0.2, 0.25) is 10.0 Å². The number of nitriles is 1. The third-order valence-corrected chi connectivity index (χ3v) is 6.97. The van der Waals surface area contributed by atoms with Crippen molar-refractivity contribution in [2.45, 2.75) is 31.6 Å². The summed E-state index contributed by atoms with van der Waals surface area (Å²) in [5, 5.41) is 8.00. The molecule has 4 nitrogen and oxygen atoms in total. The van der Waals surface area contributed by atoms with E-state index in [-0.39, 0.29) is 0 Å². The van der Waals surface area contributed by atoms with Crippen LogP contribution in [0, 0.1) is 11.3 Å². The van der Waals surface area contributed by atoms with E-state index in [0.29, 0.717) is 19.5 Å². The van der Waals surface area contributed by atoms with Gasteiger partial charge in [-0.3, -0.25) is 0 Å². The van der Waals surface area contributed by atoms with Crippen LogP contribution in [0.2, 0.25) is 0 Å². The maximum Gasteiger partial charge on any atom is 0.230 e. The summed E-state index contributed by atoms with van der Waals surface area (Å²) in [5.41, 5.74) is 1.05. The second-order valence-corrected chi connectivity index (χ2v) is 8.78. The Labute approximate surface area is 119 Å². The fourth-order valence-electron chi connectivity index (χ4n) is 2.04. The van der Waals surface area contributed by atoms with E-state index in [1.165, 1.54) is 9.18 Å². The first kappa shape index (κ1) is 14.0. The average molecular weight is 349 g/mol. The Morgan fingerprint density at radius 1 is 1.67 bits per heavy atom. The molecular weight excluding hydrogens is 336 g/mol. The van der Waals surface area contributed by atoms with Gasteiger partial charge in [-0.05, 0) is 40.4 Å². The number of halogens is 1. The van der Waals surface area contributed by atoms with Crippen LogP contribution < -0.4 is 0 Å². The lowest BCUT2D eigenvalue weighted by molar-refractivity contribution is 0.390. The highest BCUT2D eigenvalue weighted by Crippen LogP contribution is 2.32. The van der Waals surface area contributed by atoms with Crippen LogP contribution in [0.15, 0.2) is 9.85 Å². The number of sulfonamides is 1. The van der Waals surface area contributed by atoms with Crippen molar-refractivity contribution in [3.8, 4) is 6.07 Å². The van der Waals surface area contributed by atoms with Gasteiger partial charge in [0.1, 0.15) is 0 Å². The molecule has 0 N–H and O–H groups in total. The van der Waals surface area contributed by atoms with E-state index in [9.17, 15) is 8.42 Å². The molecule has 18 heavy (non-hydrogen) atoms. The predicted octanol–water partition coefficient (Wildman–Crippen LogP) is 2.50. The number of nitrogens with zero attached hydrogens (tertiary/aromatic N) is 2. The molecule has 0 unspecified atom stereocenters. The van der Waals surface area contributed by atoms with E-state index < -0.39 is 15.3 Å². The third kappa shape index (κ3) is 2.48. The SMILES string of the molecule is CC[C@@H](C#N)S(=O)(=O)N1CCc2sc(Br)cc2C1. The van der Waals surface area contributed by atoms with Crippen LogP contribution in [0.5, 0.6) is 0 Å². The van der Waals surface area contributed by atoms with Crippen LogP contribution in [0.25, 0.3) is 0 Å². The van der Waals surface area contributed by atoms with E-state index in [1.54, 1.807) is 18.3 Å². The van der Waals surface area contributed by atoms with Crippen molar-refractivity contribution in [2.24, 2.45) is 0 Å². The molecule has 1 aromatic rings. The molecule has 0 aliphatic carbocycles. The summed E-state index contributed by atoms with van der Waals surface area (Å²) in [4.78, 5) is 1.23. The fourth-order valence-corrected chi connectivity index (χ4v) is 5.36. The zero-order chi connectivity index (χ0) is 13.3. The molecular formula is C11H13BrN2O2S2. The van der Waals surface area contributed by atoms with E-state index in [0.717, 1.165) is 15.8 Å². The third-order valence-electron chi connectivity index (χ3n) is 3.04. The summed E-state index contributed by atoms with van der Waals surface area (Å²) < 4.78 is 27.0. The molecule has 1 aliphatic heterocycles. The van der Waals surface area contributed by atoms with Gasteiger partial charge in [-0.15, -0.1) is 11.3 Å². The topological polar surface area (TPSA) is 61.2 Å². The molecule has 0 fully saturated rings. The van der Waals surface area contributed by atoms with Crippen LogP contribution in [0.3, 0.4) is 0 Å². The zero-order valence-electron chi connectivity index (χ0n) is 9.89. The molecule has 0 radical (unpaired) electrons. The molecule has 2 rings (SSSR count). The van der Waals surface area contributed by atoms with E-state index in [1.807, 2.05) is 12.1 Å². The van der Waals surface area contributed by atoms with Gasteiger partial charge in [0.15, 0.2) is 5.25 Å². The monoisotopic (exact) mass is 348 g/mol. The Hall–Kier alpha value is -0.420. The van der Waals surface area contributed by atoms with E-state index in [2.05, 4.69) is 15.9 Å². The van der Waals surface area contributed by atoms with Crippen LogP contribution in [0.1, 0.15) is 23.8 Å². The lowest BCUT2D eigenvalue weighted by Gasteiger charge is -2.27. The molecule has 0 bridgehead atoms. The van der Waals surface area contributed by atoms with Gasteiger partial charge in [0.25, 0.3) is 0 Å². The first-order chi connectivity index (χ1) is 8.48. The first-order valence-corrected chi connectivity index (χ1v) is 8.76. The largest absolute Gasteiger partial charge is 0.230 e. The molecule has 2 heterocycles. The fraction of sp³-hybridized carbons (Fsp3) is 0.545. The summed E-state index contributed by atoms with van der Waals surface area (Å²) in [7, 11) is -3.50. The Bertz CT molecular complexity index is 589. The van der Waals surface area contributed by atoms with Gasteiger partial charge in [-0.1, -0.05) is 6.92 Å². The number of hydrogen-bond donors (Lipinski definition) is 0. The molecule has 0 saturated heterocycles. The van der Waals surface area contributed by atoms with Crippen molar-refractivity contribution in [1.82, 2.24) is 4.31 Å². The molecule has 0 amide bonds. The van der Waals surface area contributed by atoms with Crippen LogP contribution in [-0.2, 0) is 23.0 Å². The number of hydrogen-bond acceptors (Lipinski definition) is 4. The minimum Gasteiger partial charge on any atom is -0.211 e. The number of fused-ring (bicyclic) bond motifs is 1. The van der Waals surface area contributed by atoms with Crippen molar-refractivity contribution in [3.05, 3.63) is 20.3 Å². The van der Waals surface area contributed by atoms with Crippen molar-refractivity contribution < 1.29 is 8.42 Å². The number of thiophene rings is 1. The number of rotatable bonds is 3. The molecule has 98 valence electrons. The maximum absolute atomic E-state index is 12.3. The Morgan fingerprint density at radius 2 is 2.39 bits per heavy atom. The van der Waals surface area contributed by atoms with Crippen molar-refractivity contribution in [3.63, 3.8) is 0 Å². The molecule has 1 aliphatic rings. The highest BCUT2D eigenvalue weighted by Gasteiger charge is 2.33. The van der Waals surface area contributed by atoms with Crippen LogP contribution in [0.4, 0.5) is 0 Å². The van der Waals surface area contributed by atoms with Gasteiger partial charge in [-0.2, -0.15) is 9.57 Å². The van der Waals surface area contributed by atoms with Gasteiger partial charge in [0.05, 0.1) is 9.86 Å². The molecule has 0 saturated carbocycles. The summed E-state index contributed by atoms with van der Waals surface area (Å²) in [6.07, 6.45) is 1.06. The lowest BCUT2D eigenvalue weighted by Crippen LogP contribution is -2.40. The highest BCUT2D eigenvalue weighted by atomic mass is 79.9. The van der Waals surface area contributed by atoms with Gasteiger partial charge < -0.3 is 0 Å². The highest BCUT2D eigenvalue weighted by molar-refractivity contribution is 9.11. The summed E-state index contributed by atoms with van der Waals surface area (Å²) in [6, 6.07) is 3.85. The minimum absolute atomic E-state index is 0.329. The smallest absolute Gasteiger partial charge is 0.211 e. The Kier molecular flexibility index (Phi) is 4.11. The molecule has 0 spiro atoms. The molecule has 1 atom stereocenters. The molecule has 0 aromatic carbocycles. The lowest BCUT2D eigenvalue weighted by atomic mass is 10.1. The first-order valence-electron chi connectivity index (χ1n) is 5.64. The van der Waals surface area contributed by atoms with Crippen LogP contribution in [-0.4, -0.2) is 24.5 Å². The van der Waals surface area contributed by atoms with Gasteiger partial charge in [0, 0.05) is 18.0 Å². The van der Waals surface area contributed by atoms with Crippen molar-refractivity contribution in [1.29, 1.82) is 5.26 Å². The Morgan fingerprint density at radius 3 is 3.00 bits per heavy atom. The van der Waals surface area contributed by atoms with Crippen molar-refractivity contribution >= 4 is 37.3 Å². The quantitative estimate of drug-likeness (QED) is 0.842. The molecule has 1 aromatic heterocycles. The minimum atomic E-state index is -3.50.